The lowest BCUT2D eigenvalue weighted by molar-refractivity contribution is -0.159. The number of hydrogen-bond acceptors (Lipinski definition) is 4. The van der Waals surface area contributed by atoms with E-state index in [0.29, 0.717) is 23.9 Å². The van der Waals surface area contributed by atoms with E-state index >= 15 is 0 Å². The minimum absolute atomic E-state index is 0.00871. The quantitative estimate of drug-likeness (QED) is 0.643. The van der Waals surface area contributed by atoms with Gasteiger partial charge in [-0.05, 0) is 42.7 Å². The van der Waals surface area contributed by atoms with Crippen LogP contribution in [-0.4, -0.2) is 65.7 Å². The SMILES string of the molecule is COc1cccc(NC(=O)N2CC(=O)N3[C@H](CO)[C@H](c4ccc(C#CC5CCCCC5)cc4)[C@H]3C2)c1. The number of fused-ring (bicyclic) bond motifs is 1. The van der Waals surface area contributed by atoms with Gasteiger partial charge in [-0.25, -0.2) is 4.79 Å². The number of benzene rings is 2. The van der Waals surface area contributed by atoms with Crippen LogP contribution >= 0.6 is 0 Å². The number of nitrogens with zero attached hydrogens (tertiary/aromatic N) is 2. The molecule has 0 bridgehead atoms. The molecule has 1 aliphatic carbocycles. The van der Waals surface area contributed by atoms with E-state index in [9.17, 15) is 14.7 Å². The smallest absolute Gasteiger partial charge is 0.322 e. The number of aliphatic hydroxyl groups excluding tert-OH is 1. The van der Waals surface area contributed by atoms with Crippen molar-refractivity contribution >= 4 is 17.6 Å². The van der Waals surface area contributed by atoms with Crippen LogP contribution in [0.3, 0.4) is 0 Å². The van der Waals surface area contributed by atoms with Crippen molar-refractivity contribution < 1.29 is 19.4 Å². The predicted molar refractivity (Wildman–Crippen MR) is 138 cm³/mol. The molecule has 0 radical (unpaired) electrons. The van der Waals surface area contributed by atoms with E-state index in [0.717, 1.165) is 11.1 Å². The van der Waals surface area contributed by atoms with E-state index in [1.54, 1.807) is 41.2 Å². The van der Waals surface area contributed by atoms with Gasteiger partial charge in [-0.2, -0.15) is 0 Å². The highest BCUT2D eigenvalue weighted by molar-refractivity contribution is 5.94. The summed E-state index contributed by atoms with van der Waals surface area (Å²) in [5.41, 5.74) is 2.65. The Morgan fingerprint density at radius 2 is 1.92 bits per heavy atom. The minimum Gasteiger partial charge on any atom is -0.497 e. The molecule has 7 nitrogen and oxygen atoms in total. The highest BCUT2D eigenvalue weighted by Crippen LogP contribution is 2.43. The summed E-state index contributed by atoms with van der Waals surface area (Å²) in [7, 11) is 1.57. The molecule has 3 amide bonds. The van der Waals surface area contributed by atoms with E-state index in [1.165, 1.54) is 32.1 Å². The van der Waals surface area contributed by atoms with E-state index < -0.39 is 0 Å². The van der Waals surface area contributed by atoms with E-state index in [1.807, 2.05) is 12.1 Å². The number of hydrogen-bond donors (Lipinski definition) is 2. The summed E-state index contributed by atoms with van der Waals surface area (Å²) in [5, 5.41) is 12.9. The number of carbonyl (C=O) groups is 2. The molecule has 3 fully saturated rings. The number of rotatable bonds is 4. The van der Waals surface area contributed by atoms with Crippen molar-refractivity contribution in [2.24, 2.45) is 5.92 Å². The summed E-state index contributed by atoms with van der Waals surface area (Å²) in [4.78, 5) is 29.2. The average Bonchev–Trinajstić information content (AvgIpc) is 2.90. The predicted octanol–water partition coefficient (Wildman–Crippen LogP) is 3.83. The molecule has 0 spiro atoms. The Bertz CT molecular complexity index is 1160. The zero-order valence-electron chi connectivity index (χ0n) is 20.7. The molecule has 2 aromatic rings. The van der Waals surface area contributed by atoms with Crippen molar-refractivity contribution in [3.05, 3.63) is 59.7 Å². The van der Waals surface area contributed by atoms with Crippen molar-refractivity contribution in [3.8, 4) is 17.6 Å². The number of carbonyl (C=O) groups excluding carboxylic acids is 2. The van der Waals surface area contributed by atoms with E-state index in [2.05, 4.69) is 29.3 Å². The molecule has 0 aromatic heterocycles. The Labute approximate surface area is 212 Å². The maximum atomic E-state index is 13.0. The van der Waals surface area contributed by atoms with Crippen molar-refractivity contribution in [1.29, 1.82) is 0 Å². The van der Waals surface area contributed by atoms with Gasteiger partial charge in [0.25, 0.3) is 0 Å². The van der Waals surface area contributed by atoms with Gasteiger partial charge >= 0.3 is 6.03 Å². The molecule has 3 atom stereocenters. The lowest BCUT2D eigenvalue weighted by atomic mass is 9.73. The summed E-state index contributed by atoms with van der Waals surface area (Å²) in [5.74, 6) is 7.72. The first-order valence-electron chi connectivity index (χ1n) is 12.8. The van der Waals surface area contributed by atoms with E-state index in [4.69, 9.17) is 4.74 Å². The molecule has 2 saturated heterocycles. The molecule has 36 heavy (non-hydrogen) atoms. The fourth-order valence-electron chi connectivity index (χ4n) is 5.78. The van der Waals surface area contributed by atoms with Crippen LogP contribution in [0.4, 0.5) is 10.5 Å². The fraction of sp³-hybridized carbons (Fsp3) is 0.448. The summed E-state index contributed by atoms with van der Waals surface area (Å²) < 4.78 is 5.22. The Morgan fingerprint density at radius 3 is 2.64 bits per heavy atom. The molecule has 3 aliphatic rings. The largest absolute Gasteiger partial charge is 0.497 e. The Morgan fingerprint density at radius 1 is 1.14 bits per heavy atom. The van der Waals surface area contributed by atoms with Crippen molar-refractivity contribution in [2.45, 2.75) is 50.1 Å². The molecule has 2 N–H and O–H groups in total. The molecule has 188 valence electrons. The first kappa shape index (κ1) is 24.2. The second kappa shape index (κ2) is 10.6. The highest BCUT2D eigenvalue weighted by atomic mass is 16.5. The van der Waals surface area contributed by atoms with Gasteiger partial charge in [0.15, 0.2) is 0 Å². The van der Waals surface area contributed by atoms with Gasteiger partial charge in [-0.1, -0.05) is 49.3 Å². The van der Waals surface area contributed by atoms with Gasteiger partial charge in [0.2, 0.25) is 5.91 Å². The summed E-state index contributed by atoms with van der Waals surface area (Å²) in [6.45, 7) is 0.295. The second-order valence-corrected chi connectivity index (χ2v) is 9.91. The second-order valence-electron chi connectivity index (χ2n) is 9.91. The Hall–Kier alpha value is -3.50. The van der Waals surface area contributed by atoms with Crippen LogP contribution in [-0.2, 0) is 4.79 Å². The molecule has 7 heteroatoms. The minimum atomic E-state index is -0.323. The lowest BCUT2D eigenvalue weighted by Crippen LogP contribution is -2.73. The zero-order chi connectivity index (χ0) is 25.1. The fourth-order valence-corrected chi connectivity index (χ4v) is 5.78. The maximum absolute atomic E-state index is 13.0. The normalized spacial score (nSPS) is 23.7. The number of methoxy groups -OCH3 is 1. The summed E-state index contributed by atoms with van der Waals surface area (Å²) >= 11 is 0. The standard InChI is InChI=1S/C29H33N3O4/c1-36-24-9-5-8-23(16-24)30-29(35)31-17-25-28(26(19-33)32(25)27(34)18-31)22-14-12-21(13-15-22)11-10-20-6-3-2-4-7-20/h5,8-9,12-16,20,25-26,28,33H,2-4,6-7,17-19H2,1H3,(H,30,35)/t25-,26-,28-/m1/s1. The summed E-state index contributed by atoms with van der Waals surface area (Å²) in [6, 6.07) is 14.5. The molecule has 5 rings (SSSR count). The van der Waals surface area contributed by atoms with Crippen molar-refractivity contribution in [3.63, 3.8) is 0 Å². The third-order valence-corrected chi connectivity index (χ3v) is 7.68. The van der Waals surface area contributed by atoms with Crippen molar-refractivity contribution in [1.82, 2.24) is 9.80 Å². The van der Waals surface area contributed by atoms with Gasteiger partial charge < -0.3 is 25.0 Å². The highest BCUT2D eigenvalue weighted by Gasteiger charge is 2.54. The molecule has 2 aliphatic heterocycles. The number of nitrogens with one attached hydrogen (secondary N) is 1. The molecule has 2 aromatic carbocycles. The number of urea groups is 1. The average molecular weight is 488 g/mol. The Kier molecular flexibility index (Phi) is 7.15. The zero-order valence-corrected chi connectivity index (χ0v) is 20.7. The van der Waals surface area contributed by atoms with Crippen LogP contribution in [0.1, 0.15) is 49.1 Å². The van der Waals surface area contributed by atoms with Gasteiger partial charge in [0.1, 0.15) is 12.3 Å². The third kappa shape index (κ3) is 4.91. The van der Waals surface area contributed by atoms with Crippen LogP contribution < -0.4 is 10.1 Å². The van der Waals surface area contributed by atoms with Gasteiger partial charge in [-0.15, -0.1) is 0 Å². The Balaban J connectivity index is 1.28. The number of ether oxygens (including phenoxy) is 1. The van der Waals surface area contributed by atoms with E-state index in [-0.39, 0.29) is 43.1 Å². The molecule has 0 unspecified atom stereocenters. The molecular formula is C29H33N3O4. The number of anilines is 1. The number of amides is 3. The van der Waals surface area contributed by atoms with Gasteiger partial charge in [-0.3, -0.25) is 4.79 Å². The van der Waals surface area contributed by atoms with Crippen LogP contribution in [0.15, 0.2) is 48.5 Å². The third-order valence-electron chi connectivity index (χ3n) is 7.68. The van der Waals surface area contributed by atoms with Crippen LogP contribution in [0.2, 0.25) is 0 Å². The number of piperazine rings is 1. The lowest BCUT2D eigenvalue weighted by Gasteiger charge is -2.58. The van der Waals surface area contributed by atoms with Crippen LogP contribution in [0, 0.1) is 17.8 Å². The van der Waals surface area contributed by atoms with Gasteiger partial charge in [0.05, 0.1) is 25.8 Å². The topological polar surface area (TPSA) is 82.1 Å². The molecule has 1 saturated carbocycles. The first-order chi connectivity index (χ1) is 17.6. The van der Waals surface area contributed by atoms with Crippen LogP contribution in [0.25, 0.3) is 0 Å². The first-order valence-corrected chi connectivity index (χ1v) is 12.8. The van der Waals surface area contributed by atoms with Crippen molar-refractivity contribution in [2.75, 3.05) is 32.1 Å². The number of aliphatic hydroxyl groups is 1. The molecular weight excluding hydrogens is 454 g/mol. The summed E-state index contributed by atoms with van der Waals surface area (Å²) in [6.07, 6.45) is 6.25. The monoisotopic (exact) mass is 487 g/mol. The van der Waals surface area contributed by atoms with Gasteiger partial charge in [0, 0.05) is 35.7 Å². The molecule has 2 heterocycles. The van der Waals surface area contributed by atoms with Crippen LogP contribution in [0.5, 0.6) is 5.75 Å². The maximum Gasteiger partial charge on any atom is 0.322 e.